The number of pyridine rings is 1. The molecule has 0 radical (unpaired) electrons. The summed E-state index contributed by atoms with van der Waals surface area (Å²) in [6, 6.07) is 7.06. The summed E-state index contributed by atoms with van der Waals surface area (Å²) < 4.78 is 7.11. The zero-order chi connectivity index (χ0) is 18.1. The van der Waals surface area contributed by atoms with E-state index in [1.807, 2.05) is 6.07 Å². The molecule has 4 heterocycles. The van der Waals surface area contributed by atoms with Gasteiger partial charge in [-0.1, -0.05) is 5.16 Å². The molecule has 0 aromatic carbocycles. The van der Waals surface area contributed by atoms with Crippen molar-refractivity contribution in [1.82, 2.24) is 24.6 Å². The second-order valence-electron chi connectivity index (χ2n) is 6.19. The SMILES string of the molecule is Cn1cc(C#N)cc1C(=O)N1CCC[C@H]1c1nc(-c2cccnc2)no1. The van der Waals surface area contributed by atoms with Gasteiger partial charge in [0.1, 0.15) is 17.8 Å². The number of hydrogen-bond acceptors (Lipinski definition) is 6. The van der Waals surface area contributed by atoms with Crippen LogP contribution in [0.2, 0.25) is 0 Å². The Morgan fingerprint density at radius 2 is 2.35 bits per heavy atom. The highest BCUT2D eigenvalue weighted by Gasteiger charge is 2.35. The number of hydrogen-bond donors (Lipinski definition) is 0. The Labute approximate surface area is 149 Å². The lowest BCUT2D eigenvalue weighted by molar-refractivity contribution is 0.0700. The highest BCUT2D eigenvalue weighted by molar-refractivity contribution is 5.93. The number of aromatic nitrogens is 4. The molecule has 8 nitrogen and oxygen atoms in total. The molecule has 0 N–H and O–H groups in total. The molecule has 0 bridgehead atoms. The van der Waals surface area contributed by atoms with E-state index in [-0.39, 0.29) is 11.9 Å². The number of carbonyl (C=O) groups is 1. The van der Waals surface area contributed by atoms with Crippen molar-refractivity contribution < 1.29 is 9.32 Å². The van der Waals surface area contributed by atoms with Crippen molar-refractivity contribution in [2.45, 2.75) is 18.9 Å². The molecule has 8 heteroatoms. The van der Waals surface area contributed by atoms with Gasteiger partial charge in [-0.3, -0.25) is 9.78 Å². The Bertz CT molecular complexity index is 985. The fourth-order valence-electron chi connectivity index (χ4n) is 3.23. The van der Waals surface area contributed by atoms with Crippen LogP contribution >= 0.6 is 0 Å². The van der Waals surface area contributed by atoms with Gasteiger partial charge in [-0.25, -0.2) is 0 Å². The number of rotatable bonds is 3. The number of amides is 1. The molecule has 1 saturated heterocycles. The fraction of sp³-hybridized carbons (Fsp3) is 0.278. The summed E-state index contributed by atoms with van der Waals surface area (Å²) in [6.07, 6.45) is 6.61. The van der Waals surface area contributed by atoms with E-state index in [9.17, 15) is 4.79 Å². The smallest absolute Gasteiger partial charge is 0.271 e. The van der Waals surface area contributed by atoms with Gasteiger partial charge in [0, 0.05) is 37.7 Å². The van der Waals surface area contributed by atoms with Crippen LogP contribution < -0.4 is 0 Å². The normalized spacial score (nSPS) is 16.6. The number of likely N-dealkylation sites (tertiary alicyclic amines) is 1. The lowest BCUT2D eigenvalue weighted by Gasteiger charge is -2.22. The molecule has 1 aliphatic rings. The van der Waals surface area contributed by atoms with Crippen LogP contribution in [0.15, 0.2) is 41.3 Å². The van der Waals surface area contributed by atoms with Crippen LogP contribution in [0.3, 0.4) is 0 Å². The van der Waals surface area contributed by atoms with Gasteiger partial charge in [0.25, 0.3) is 5.91 Å². The predicted molar refractivity (Wildman–Crippen MR) is 90.7 cm³/mol. The molecule has 1 fully saturated rings. The van der Waals surface area contributed by atoms with Crippen molar-refractivity contribution in [3.8, 4) is 17.5 Å². The molecule has 1 aliphatic heterocycles. The Balaban J connectivity index is 1.61. The summed E-state index contributed by atoms with van der Waals surface area (Å²) in [7, 11) is 1.76. The first-order valence-electron chi connectivity index (χ1n) is 8.29. The first-order valence-corrected chi connectivity index (χ1v) is 8.29. The summed E-state index contributed by atoms with van der Waals surface area (Å²) in [5.41, 5.74) is 1.70. The predicted octanol–water partition coefficient (Wildman–Crippen LogP) is 2.32. The van der Waals surface area contributed by atoms with E-state index < -0.39 is 0 Å². The molecule has 1 amide bonds. The zero-order valence-electron chi connectivity index (χ0n) is 14.2. The van der Waals surface area contributed by atoms with Gasteiger partial charge >= 0.3 is 0 Å². The second kappa shape index (κ2) is 6.44. The standard InChI is InChI=1S/C18H16N6O2/c1-23-11-12(9-19)8-15(23)18(25)24-7-3-5-14(24)17-21-16(22-26-17)13-4-2-6-20-10-13/h2,4,6,8,10-11,14H,3,5,7H2,1H3/t14-/m0/s1. The van der Waals surface area contributed by atoms with Crippen LogP contribution in [0.25, 0.3) is 11.4 Å². The monoisotopic (exact) mass is 348 g/mol. The maximum Gasteiger partial charge on any atom is 0.271 e. The van der Waals surface area contributed by atoms with E-state index >= 15 is 0 Å². The molecule has 0 unspecified atom stereocenters. The zero-order valence-corrected chi connectivity index (χ0v) is 14.2. The van der Waals surface area contributed by atoms with Crippen molar-refractivity contribution in [3.05, 3.63) is 53.9 Å². The molecule has 26 heavy (non-hydrogen) atoms. The lowest BCUT2D eigenvalue weighted by Crippen LogP contribution is -2.32. The summed E-state index contributed by atoms with van der Waals surface area (Å²) in [5, 5.41) is 13.1. The molecule has 0 spiro atoms. The van der Waals surface area contributed by atoms with E-state index in [2.05, 4.69) is 21.2 Å². The van der Waals surface area contributed by atoms with E-state index in [0.717, 1.165) is 18.4 Å². The van der Waals surface area contributed by atoms with Crippen molar-refractivity contribution >= 4 is 5.91 Å². The van der Waals surface area contributed by atoms with E-state index in [1.165, 1.54) is 0 Å². The summed E-state index contributed by atoms with van der Waals surface area (Å²) >= 11 is 0. The van der Waals surface area contributed by atoms with E-state index in [1.54, 1.807) is 47.2 Å². The van der Waals surface area contributed by atoms with Crippen molar-refractivity contribution in [2.75, 3.05) is 6.54 Å². The molecule has 0 aliphatic carbocycles. The van der Waals surface area contributed by atoms with Crippen LogP contribution in [0.5, 0.6) is 0 Å². The van der Waals surface area contributed by atoms with Gasteiger partial charge in [-0.05, 0) is 31.0 Å². The quantitative estimate of drug-likeness (QED) is 0.720. The molecule has 130 valence electrons. The minimum absolute atomic E-state index is 0.141. The highest BCUT2D eigenvalue weighted by atomic mass is 16.5. The van der Waals surface area contributed by atoms with Gasteiger partial charge < -0.3 is 14.0 Å². The number of aryl methyl sites for hydroxylation is 1. The first-order chi connectivity index (χ1) is 12.7. The third-order valence-electron chi connectivity index (χ3n) is 4.51. The Morgan fingerprint density at radius 1 is 1.46 bits per heavy atom. The Kier molecular flexibility index (Phi) is 3.97. The lowest BCUT2D eigenvalue weighted by atomic mass is 10.2. The van der Waals surface area contributed by atoms with Gasteiger partial charge in [0.2, 0.25) is 11.7 Å². The molecular formula is C18H16N6O2. The minimum Gasteiger partial charge on any atom is -0.345 e. The Morgan fingerprint density at radius 3 is 3.08 bits per heavy atom. The van der Waals surface area contributed by atoms with E-state index in [0.29, 0.717) is 29.5 Å². The summed E-state index contributed by atoms with van der Waals surface area (Å²) in [6.45, 7) is 0.612. The van der Waals surface area contributed by atoms with Crippen LogP contribution in [-0.4, -0.2) is 37.0 Å². The molecule has 3 aromatic rings. The topological polar surface area (TPSA) is 101 Å². The van der Waals surface area contributed by atoms with Gasteiger partial charge in [-0.15, -0.1) is 0 Å². The van der Waals surface area contributed by atoms with Crippen LogP contribution in [0.4, 0.5) is 0 Å². The minimum atomic E-state index is -0.263. The van der Waals surface area contributed by atoms with Gasteiger partial charge in [0.15, 0.2) is 0 Å². The maximum atomic E-state index is 13.0. The summed E-state index contributed by atoms with van der Waals surface area (Å²) in [5.74, 6) is 0.736. The largest absolute Gasteiger partial charge is 0.345 e. The average Bonchev–Trinajstić information content (AvgIpc) is 3.40. The molecule has 4 rings (SSSR count). The third-order valence-corrected chi connectivity index (χ3v) is 4.51. The van der Waals surface area contributed by atoms with Crippen molar-refractivity contribution in [1.29, 1.82) is 5.26 Å². The van der Waals surface area contributed by atoms with Crippen molar-refractivity contribution in [3.63, 3.8) is 0 Å². The third kappa shape index (κ3) is 2.73. The fourth-order valence-corrected chi connectivity index (χ4v) is 3.23. The summed E-state index contributed by atoms with van der Waals surface area (Å²) in [4.78, 5) is 23.2. The van der Waals surface area contributed by atoms with Crippen molar-refractivity contribution in [2.24, 2.45) is 7.05 Å². The van der Waals surface area contributed by atoms with Crippen LogP contribution in [-0.2, 0) is 7.05 Å². The highest BCUT2D eigenvalue weighted by Crippen LogP contribution is 2.33. The molecule has 0 saturated carbocycles. The second-order valence-corrected chi connectivity index (χ2v) is 6.19. The van der Waals surface area contributed by atoms with Crippen LogP contribution in [0.1, 0.15) is 40.8 Å². The Hall–Kier alpha value is -3.47. The van der Waals surface area contributed by atoms with Gasteiger partial charge in [-0.2, -0.15) is 10.2 Å². The number of nitrogens with zero attached hydrogens (tertiary/aromatic N) is 6. The first kappa shape index (κ1) is 16.0. The molecule has 1 atom stereocenters. The molecular weight excluding hydrogens is 332 g/mol. The van der Waals surface area contributed by atoms with Gasteiger partial charge in [0.05, 0.1) is 5.56 Å². The number of carbonyl (C=O) groups excluding carboxylic acids is 1. The molecule has 3 aromatic heterocycles. The number of nitriles is 1. The van der Waals surface area contributed by atoms with Crippen LogP contribution in [0, 0.1) is 11.3 Å². The maximum absolute atomic E-state index is 13.0. The average molecular weight is 348 g/mol. The van der Waals surface area contributed by atoms with E-state index in [4.69, 9.17) is 9.78 Å².